The Labute approximate surface area is 93.4 Å². The maximum Gasteiger partial charge on any atom is 0.195 e. The lowest BCUT2D eigenvalue weighted by atomic mass is 10.3. The van der Waals surface area contributed by atoms with E-state index in [9.17, 15) is 0 Å². The zero-order valence-corrected chi connectivity index (χ0v) is 9.55. The number of hydrogen-bond acceptors (Lipinski definition) is 4. The van der Waals surface area contributed by atoms with Crippen LogP contribution in [0.25, 0.3) is 0 Å². The highest BCUT2D eigenvalue weighted by Crippen LogP contribution is 2.19. The van der Waals surface area contributed by atoms with Gasteiger partial charge in [-0.3, -0.25) is 5.10 Å². The molecule has 84 valence electrons. The first kappa shape index (κ1) is 10.8. The van der Waals surface area contributed by atoms with Crippen molar-refractivity contribution < 1.29 is 9.47 Å². The Morgan fingerprint density at radius 3 is 3.13 bits per heavy atom. The number of hydrogen-bond donors (Lipinski definition) is 1. The molecule has 0 bridgehead atoms. The average Bonchev–Trinajstić information content (AvgIpc) is 2.63. The molecule has 1 unspecified atom stereocenters. The molecule has 2 heterocycles. The Morgan fingerprint density at radius 1 is 1.60 bits per heavy atom. The van der Waals surface area contributed by atoms with Crippen LogP contribution in [0.5, 0.6) is 0 Å². The number of aromatic nitrogens is 3. The summed E-state index contributed by atoms with van der Waals surface area (Å²) in [5, 5.41) is 7.00. The van der Waals surface area contributed by atoms with Crippen molar-refractivity contribution in [2.24, 2.45) is 0 Å². The zero-order chi connectivity index (χ0) is 10.7. The van der Waals surface area contributed by atoms with Gasteiger partial charge < -0.3 is 14.0 Å². The highest BCUT2D eigenvalue weighted by molar-refractivity contribution is 7.71. The third-order valence-electron chi connectivity index (χ3n) is 2.34. The fourth-order valence-electron chi connectivity index (χ4n) is 1.65. The van der Waals surface area contributed by atoms with Crippen LogP contribution in [0.15, 0.2) is 0 Å². The molecule has 1 aromatic rings. The second kappa shape index (κ2) is 4.87. The number of ether oxygens (including phenoxy) is 2. The van der Waals surface area contributed by atoms with Gasteiger partial charge in [-0.25, -0.2) is 0 Å². The highest BCUT2D eigenvalue weighted by atomic mass is 32.1. The summed E-state index contributed by atoms with van der Waals surface area (Å²) in [4.78, 5) is 0. The summed E-state index contributed by atoms with van der Waals surface area (Å²) < 4.78 is 13.6. The fraction of sp³-hybridized carbons (Fsp3) is 0.778. The third-order valence-corrected chi connectivity index (χ3v) is 2.65. The minimum absolute atomic E-state index is 0.0850. The summed E-state index contributed by atoms with van der Waals surface area (Å²) >= 11 is 5.16. The van der Waals surface area contributed by atoms with E-state index in [1.54, 1.807) is 0 Å². The topological polar surface area (TPSA) is 52.1 Å². The van der Waals surface area contributed by atoms with E-state index in [0.717, 1.165) is 18.8 Å². The Morgan fingerprint density at radius 2 is 2.47 bits per heavy atom. The van der Waals surface area contributed by atoms with Crippen LogP contribution in [0, 0.1) is 4.77 Å². The van der Waals surface area contributed by atoms with Gasteiger partial charge in [-0.05, 0) is 18.6 Å². The van der Waals surface area contributed by atoms with E-state index in [2.05, 4.69) is 17.1 Å². The van der Waals surface area contributed by atoms with Crippen molar-refractivity contribution in [3.8, 4) is 0 Å². The summed E-state index contributed by atoms with van der Waals surface area (Å²) in [6.45, 7) is 4.82. The molecule has 5 nitrogen and oxygen atoms in total. The Hall–Kier alpha value is -0.720. The van der Waals surface area contributed by atoms with E-state index >= 15 is 0 Å². The molecule has 0 saturated carbocycles. The molecule has 1 atom stereocenters. The molecule has 0 aromatic carbocycles. The van der Waals surface area contributed by atoms with Crippen molar-refractivity contribution in [2.75, 3.05) is 19.8 Å². The second-order valence-corrected chi connectivity index (χ2v) is 3.86. The first-order valence-corrected chi connectivity index (χ1v) is 5.58. The summed E-state index contributed by atoms with van der Waals surface area (Å²) in [6.07, 6.45) is 0.937. The van der Waals surface area contributed by atoms with Gasteiger partial charge in [-0.2, -0.15) is 5.10 Å². The molecule has 1 saturated heterocycles. The van der Waals surface area contributed by atoms with Gasteiger partial charge in [0.05, 0.1) is 19.8 Å². The van der Waals surface area contributed by atoms with Crippen molar-refractivity contribution >= 4 is 12.2 Å². The molecule has 0 aliphatic carbocycles. The summed E-state index contributed by atoms with van der Waals surface area (Å²) in [6, 6.07) is 0. The SMILES string of the molecule is CCCn1c(C2COCCO2)n[nH]c1=S. The van der Waals surface area contributed by atoms with Crippen LogP contribution in [0.2, 0.25) is 0 Å². The van der Waals surface area contributed by atoms with Crippen LogP contribution < -0.4 is 0 Å². The first-order valence-electron chi connectivity index (χ1n) is 5.17. The second-order valence-electron chi connectivity index (χ2n) is 3.47. The Kier molecular flexibility index (Phi) is 3.50. The predicted molar refractivity (Wildman–Crippen MR) is 57.2 cm³/mol. The van der Waals surface area contributed by atoms with E-state index in [1.165, 1.54) is 0 Å². The van der Waals surface area contributed by atoms with Crippen LogP contribution in [-0.4, -0.2) is 34.6 Å². The first-order chi connectivity index (χ1) is 7.33. The molecular formula is C9H15N3O2S. The van der Waals surface area contributed by atoms with Gasteiger partial charge in [0, 0.05) is 6.54 Å². The molecule has 0 spiro atoms. The van der Waals surface area contributed by atoms with E-state index < -0.39 is 0 Å². The fourth-order valence-corrected chi connectivity index (χ4v) is 1.88. The van der Waals surface area contributed by atoms with Gasteiger partial charge in [0.25, 0.3) is 0 Å². The molecule has 1 N–H and O–H groups in total. The average molecular weight is 229 g/mol. The van der Waals surface area contributed by atoms with E-state index in [0.29, 0.717) is 24.6 Å². The maximum atomic E-state index is 5.59. The number of aromatic amines is 1. The van der Waals surface area contributed by atoms with Crippen molar-refractivity contribution in [3.63, 3.8) is 0 Å². The quantitative estimate of drug-likeness (QED) is 0.797. The van der Waals surface area contributed by atoms with Gasteiger partial charge in [0.15, 0.2) is 10.6 Å². The Bertz CT molecular complexity index is 368. The van der Waals surface area contributed by atoms with Crippen molar-refractivity contribution in [1.82, 2.24) is 14.8 Å². The van der Waals surface area contributed by atoms with Gasteiger partial charge >= 0.3 is 0 Å². The smallest absolute Gasteiger partial charge is 0.195 e. The molecule has 1 fully saturated rings. The molecule has 0 radical (unpaired) electrons. The molecular weight excluding hydrogens is 214 g/mol. The number of rotatable bonds is 3. The van der Waals surface area contributed by atoms with E-state index in [1.807, 2.05) is 4.57 Å². The molecule has 0 amide bonds. The van der Waals surface area contributed by atoms with Crippen LogP contribution in [0.1, 0.15) is 25.3 Å². The molecule has 1 aliphatic rings. The van der Waals surface area contributed by atoms with Crippen molar-refractivity contribution in [3.05, 3.63) is 10.6 Å². The molecule has 1 aromatic heterocycles. The third kappa shape index (κ3) is 2.27. The lowest BCUT2D eigenvalue weighted by Crippen LogP contribution is -2.24. The van der Waals surface area contributed by atoms with Crippen LogP contribution >= 0.6 is 12.2 Å². The minimum atomic E-state index is -0.0850. The molecule has 2 rings (SSSR count). The highest BCUT2D eigenvalue weighted by Gasteiger charge is 2.22. The van der Waals surface area contributed by atoms with Crippen LogP contribution in [0.3, 0.4) is 0 Å². The molecule has 6 heteroatoms. The zero-order valence-electron chi connectivity index (χ0n) is 8.73. The maximum absolute atomic E-state index is 5.59. The van der Waals surface area contributed by atoms with Gasteiger partial charge in [-0.1, -0.05) is 6.92 Å². The van der Waals surface area contributed by atoms with Crippen molar-refractivity contribution in [1.29, 1.82) is 0 Å². The van der Waals surface area contributed by atoms with Crippen LogP contribution in [-0.2, 0) is 16.0 Å². The standard InChI is InChI=1S/C9H15N3O2S/c1-2-3-12-8(10-11-9(12)15)7-6-13-4-5-14-7/h7H,2-6H2,1H3,(H,11,15). The molecule has 1 aliphatic heterocycles. The lowest BCUT2D eigenvalue weighted by Gasteiger charge is -2.22. The van der Waals surface area contributed by atoms with Crippen molar-refractivity contribution in [2.45, 2.75) is 26.0 Å². The van der Waals surface area contributed by atoms with E-state index in [-0.39, 0.29) is 6.10 Å². The molecule has 15 heavy (non-hydrogen) atoms. The van der Waals surface area contributed by atoms with Gasteiger partial charge in [0.1, 0.15) is 6.10 Å². The lowest BCUT2D eigenvalue weighted by molar-refractivity contribution is -0.0948. The summed E-state index contributed by atoms with van der Waals surface area (Å²) in [5.74, 6) is 0.849. The summed E-state index contributed by atoms with van der Waals surface area (Å²) in [7, 11) is 0. The van der Waals surface area contributed by atoms with Gasteiger partial charge in [-0.15, -0.1) is 0 Å². The predicted octanol–water partition coefficient (Wildman–Crippen LogP) is 1.44. The van der Waals surface area contributed by atoms with Crippen LogP contribution in [0.4, 0.5) is 0 Å². The van der Waals surface area contributed by atoms with Gasteiger partial charge in [0.2, 0.25) is 0 Å². The monoisotopic (exact) mass is 229 g/mol. The number of H-pyrrole nitrogens is 1. The minimum Gasteiger partial charge on any atom is -0.376 e. The number of nitrogens with zero attached hydrogens (tertiary/aromatic N) is 2. The van der Waals surface area contributed by atoms with E-state index in [4.69, 9.17) is 21.7 Å². The number of nitrogens with one attached hydrogen (secondary N) is 1. The largest absolute Gasteiger partial charge is 0.376 e. The summed E-state index contributed by atoms with van der Waals surface area (Å²) in [5.41, 5.74) is 0. The normalized spacial score (nSPS) is 21.8. The Balaban J connectivity index is 2.22.